The van der Waals surface area contributed by atoms with Crippen LogP contribution in [-0.2, 0) is 13.1 Å². The van der Waals surface area contributed by atoms with E-state index in [0.717, 1.165) is 5.56 Å². The molecule has 26 heavy (non-hydrogen) atoms. The summed E-state index contributed by atoms with van der Waals surface area (Å²) < 4.78 is 18.5. The molecular formula is C19H25FIN3O2. The van der Waals surface area contributed by atoms with Crippen LogP contribution in [0.2, 0.25) is 0 Å². The van der Waals surface area contributed by atoms with Gasteiger partial charge in [0.15, 0.2) is 17.5 Å². The number of nitrogens with one attached hydrogen (secondary N) is 1. The van der Waals surface area contributed by atoms with E-state index in [4.69, 9.17) is 4.74 Å². The van der Waals surface area contributed by atoms with Crippen LogP contribution >= 0.6 is 24.0 Å². The molecule has 2 aromatic rings. The third-order valence-electron chi connectivity index (χ3n) is 3.71. The van der Waals surface area contributed by atoms with Crippen molar-refractivity contribution in [1.82, 2.24) is 10.2 Å². The Kier molecular flexibility index (Phi) is 9.18. The predicted octanol–water partition coefficient (Wildman–Crippen LogP) is 3.76. The molecule has 7 heteroatoms. The van der Waals surface area contributed by atoms with Crippen LogP contribution in [0.1, 0.15) is 18.1 Å². The zero-order chi connectivity index (χ0) is 18.2. The number of halogens is 2. The summed E-state index contributed by atoms with van der Waals surface area (Å²) in [6.07, 6.45) is 0. The first-order valence-electron chi connectivity index (χ1n) is 8.13. The fourth-order valence-corrected chi connectivity index (χ4v) is 2.47. The minimum atomic E-state index is -0.255. The van der Waals surface area contributed by atoms with E-state index in [2.05, 4.69) is 10.3 Å². The highest BCUT2D eigenvalue weighted by Crippen LogP contribution is 2.29. The van der Waals surface area contributed by atoms with Crippen LogP contribution in [0.15, 0.2) is 47.5 Å². The fraction of sp³-hybridized carbons (Fsp3) is 0.316. The van der Waals surface area contributed by atoms with Crippen molar-refractivity contribution in [2.24, 2.45) is 4.99 Å². The Hall–Kier alpha value is -2.03. The van der Waals surface area contributed by atoms with Crippen LogP contribution in [0.5, 0.6) is 11.5 Å². The molecule has 0 spiro atoms. The molecule has 5 nitrogen and oxygen atoms in total. The molecule has 0 aromatic heterocycles. The Balaban J connectivity index is 0.00000338. The molecular weight excluding hydrogens is 448 g/mol. The van der Waals surface area contributed by atoms with Gasteiger partial charge in [0.2, 0.25) is 0 Å². The van der Waals surface area contributed by atoms with E-state index in [1.54, 1.807) is 18.2 Å². The lowest BCUT2D eigenvalue weighted by atomic mass is 10.2. The minimum absolute atomic E-state index is 0. The number of hydrogen-bond acceptors (Lipinski definition) is 3. The maximum atomic E-state index is 13.3. The van der Waals surface area contributed by atoms with Crippen LogP contribution in [0.3, 0.4) is 0 Å². The Morgan fingerprint density at radius 2 is 2.00 bits per heavy atom. The summed E-state index contributed by atoms with van der Waals surface area (Å²) in [5, 5.41) is 13.4. The van der Waals surface area contributed by atoms with Gasteiger partial charge < -0.3 is 20.1 Å². The number of rotatable bonds is 6. The molecule has 0 radical (unpaired) electrons. The van der Waals surface area contributed by atoms with E-state index in [-0.39, 0.29) is 35.5 Å². The molecule has 0 aliphatic rings. The second-order valence-corrected chi connectivity index (χ2v) is 5.62. The summed E-state index contributed by atoms with van der Waals surface area (Å²) in [7, 11) is 3.40. The van der Waals surface area contributed by atoms with Gasteiger partial charge >= 0.3 is 0 Å². The Labute approximate surface area is 170 Å². The molecule has 0 atom stereocenters. The largest absolute Gasteiger partial charge is 0.504 e. The highest BCUT2D eigenvalue weighted by Gasteiger charge is 2.10. The van der Waals surface area contributed by atoms with E-state index in [0.29, 0.717) is 36.9 Å². The number of aromatic hydroxyl groups is 1. The molecule has 0 bridgehead atoms. The van der Waals surface area contributed by atoms with Crippen LogP contribution in [-0.4, -0.2) is 36.7 Å². The summed E-state index contributed by atoms with van der Waals surface area (Å²) in [5.41, 5.74) is 1.53. The highest BCUT2D eigenvalue weighted by atomic mass is 127. The van der Waals surface area contributed by atoms with Gasteiger partial charge in [0, 0.05) is 25.7 Å². The zero-order valence-electron chi connectivity index (χ0n) is 15.2. The van der Waals surface area contributed by atoms with Crippen LogP contribution in [0.4, 0.5) is 4.39 Å². The quantitative estimate of drug-likeness (QED) is 0.381. The second kappa shape index (κ2) is 10.8. The van der Waals surface area contributed by atoms with E-state index < -0.39 is 0 Å². The van der Waals surface area contributed by atoms with Crippen molar-refractivity contribution in [3.63, 3.8) is 0 Å². The van der Waals surface area contributed by atoms with E-state index in [9.17, 15) is 9.50 Å². The number of para-hydroxylation sites is 1. The molecule has 0 unspecified atom stereocenters. The molecule has 0 aliphatic carbocycles. The average molecular weight is 473 g/mol. The van der Waals surface area contributed by atoms with Gasteiger partial charge in [-0.05, 0) is 30.7 Å². The minimum Gasteiger partial charge on any atom is -0.504 e. The van der Waals surface area contributed by atoms with Gasteiger partial charge in [0.1, 0.15) is 5.82 Å². The van der Waals surface area contributed by atoms with Gasteiger partial charge in [-0.3, -0.25) is 0 Å². The molecule has 2 aromatic carbocycles. The lowest BCUT2D eigenvalue weighted by Crippen LogP contribution is -2.38. The van der Waals surface area contributed by atoms with Crippen molar-refractivity contribution in [3.8, 4) is 11.5 Å². The van der Waals surface area contributed by atoms with Gasteiger partial charge in [0.25, 0.3) is 0 Å². The first-order chi connectivity index (χ1) is 12.0. The molecule has 0 saturated carbocycles. The number of phenols is 1. The maximum absolute atomic E-state index is 13.3. The normalized spacial score (nSPS) is 10.8. The van der Waals surface area contributed by atoms with Crippen LogP contribution in [0.25, 0.3) is 0 Å². The van der Waals surface area contributed by atoms with E-state index >= 15 is 0 Å². The number of phenolic OH excluding ortho intramolecular Hbond substituents is 1. The SMILES string of the molecule is CCNC(=NCc1cccc(OC)c1O)N(C)Cc1cccc(F)c1.I. The second-order valence-electron chi connectivity index (χ2n) is 5.62. The van der Waals surface area contributed by atoms with Gasteiger partial charge in [-0.15, -0.1) is 24.0 Å². The summed E-state index contributed by atoms with van der Waals surface area (Å²) >= 11 is 0. The molecule has 2 rings (SSSR count). The summed E-state index contributed by atoms with van der Waals surface area (Å²) in [4.78, 5) is 6.47. The first kappa shape index (κ1) is 22.0. The molecule has 0 amide bonds. The van der Waals surface area contributed by atoms with E-state index in [1.165, 1.54) is 19.2 Å². The molecule has 2 N–H and O–H groups in total. The van der Waals surface area contributed by atoms with Gasteiger partial charge in [-0.2, -0.15) is 0 Å². The number of hydrogen-bond donors (Lipinski definition) is 2. The van der Waals surface area contributed by atoms with Crippen molar-refractivity contribution >= 4 is 29.9 Å². The van der Waals surface area contributed by atoms with Gasteiger partial charge in [-0.1, -0.05) is 24.3 Å². The van der Waals surface area contributed by atoms with Crippen LogP contribution < -0.4 is 10.1 Å². The van der Waals surface area contributed by atoms with Gasteiger partial charge in [-0.25, -0.2) is 9.38 Å². The standard InChI is InChI=1S/C19H24FN3O2.HI/c1-4-21-19(23(2)13-14-7-5-9-16(20)11-14)22-12-15-8-6-10-17(25-3)18(15)24;/h5-11,24H,4,12-13H2,1-3H3,(H,21,22);1H. The van der Waals surface area contributed by atoms with Crippen molar-refractivity contribution < 1.29 is 14.2 Å². The van der Waals surface area contributed by atoms with Crippen molar-refractivity contribution in [3.05, 3.63) is 59.4 Å². The first-order valence-corrected chi connectivity index (χ1v) is 8.13. The molecule has 0 aliphatic heterocycles. The maximum Gasteiger partial charge on any atom is 0.194 e. The average Bonchev–Trinajstić information content (AvgIpc) is 2.59. The number of nitrogens with zero attached hydrogens (tertiary/aromatic N) is 2. The molecule has 0 saturated heterocycles. The molecule has 0 fully saturated rings. The van der Waals surface area contributed by atoms with Crippen molar-refractivity contribution in [2.75, 3.05) is 20.7 Å². The fourth-order valence-electron chi connectivity index (χ4n) is 2.47. The topological polar surface area (TPSA) is 57.1 Å². The Morgan fingerprint density at radius 1 is 1.27 bits per heavy atom. The summed E-state index contributed by atoms with van der Waals surface area (Å²) in [6, 6.07) is 11.8. The number of guanidine groups is 1. The Morgan fingerprint density at radius 3 is 2.65 bits per heavy atom. The number of ether oxygens (including phenoxy) is 1. The zero-order valence-corrected chi connectivity index (χ0v) is 17.5. The molecule has 142 valence electrons. The lowest BCUT2D eigenvalue weighted by molar-refractivity contribution is 0.370. The summed E-state index contributed by atoms with van der Waals surface area (Å²) in [5.74, 6) is 0.936. The molecule has 0 heterocycles. The van der Waals surface area contributed by atoms with E-state index in [1.807, 2.05) is 31.0 Å². The Bertz CT molecular complexity index is 740. The van der Waals surface area contributed by atoms with Crippen molar-refractivity contribution in [2.45, 2.75) is 20.0 Å². The third-order valence-corrected chi connectivity index (χ3v) is 3.71. The smallest absolute Gasteiger partial charge is 0.194 e. The number of methoxy groups -OCH3 is 1. The highest BCUT2D eigenvalue weighted by molar-refractivity contribution is 14.0. The third kappa shape index (κ3) is 6.05. The number of benzene rings is 2. The number of aliphatic imine (C=N–C) groups is 1. The van der Waals surface area contributed by atoms with Gasteiger partial charge in [0.05, 0.1) is 13.7 Å². The summed E-state index contributed by atoms with van der Waals surface area (Å²) in [6.45, 7) is 3.51. The monoisotopic (exact) mass is 473 g/mol. The lowest BCUT2D eigenvalue weighted by Gasteiger charge is -2.22. The van der Waals surface area contributed by atoms with Crippen LogP contribution in [0, 0.1) is 5.82 Å². The van der Waals surface area contributed by atoms with Crippen molar-refractivity contribution in [1.29, 1.82) is 0 Å². The predicted molar refractivity (Wildman–Crippen MR) is 113 cm³/mol.